The minimum Gasteiger partial charge on any atom is -0.493 e. The van der Waals surface area contributed by atoms with Crippen LogP contribution in [0.4, 0.5) is 17.5 Å². The number of hydrogen-bond donors (Lipinski definition) is 2. The molecule has 0 saturated carbocycles. The lowest BCUT2D eigenvalue weighted by Crippen LogP contribution is -2.03. The van der Waals surface area contributed by atoms with E-state index in [4.69, 9.17) is 19.9 Å². The van der Waals surface area contributed by atoms with Crippen molar-refractivity contribution in [3.05, 3.63) is 54.9 Å². The number of pyridine rings is 1. The number of rotatable bonds is 6. The van der Waals surface area contributed by atoms with Gasteiger partial charge in [0.2, 0.25) is 11.7 Å². The Bertz CT molecular complexity index is 1190. The maximum Gasteiger partial charge on any atom is 0.229 e. The lowest BCUT2D eigenvalue weighted by molar-refractivity contribution is 0.324. The molecule has 0 atom stereocenters. The highest BCUT2D eigenvalue weighted by atomic mass is 16.5. The first kappa shape index (κ1) is 19.3. The van der Waals surface area contributed by atoms with E-state index < -0.39 is 0 Å². The van der Waals surface area contributed by atoms with Gasteiger partial charge in [-0.3, -0.25) is 4.98 Å². The highest BCUT2D eigenvalue weighted by molar-refractivity contribution is 5.86. The van der Waals surface area contributed by atoms with Crippen LogP contribution in [-0.4, -0.2) is 36.3 Å². The van der Waals surface area contributed by atoms with Gasteiger partial charge in [0, 0.05) is 35.6 Å². The molecule has 0 unspecified atom stereocenters. The second-order valence-corrected chi connectivity index (χ2v) is 6.45. The van der Waals surface area contributed by atoms with Crippen LogP contribution in [0.2, 0.25) is 0 Å². The number of nitrogens with zero attached hydrogens (tertiary/aromatic N) is 3. The predicted molar refractivity (Wildman–Crippen MR) is 117 cm³/mol. The summed E-state index contributed by atoms with van der Waals surface area (Å²) in [6, 6.07) is 13.5. The zero-order chi connectivity index (χ0) is 21.1. The molecule has 8 nitrogen and oxygen atoms in total. The van der Waals surface area contributed by atoms with Crippen molar-refractivity contribution in [2.45, 2.75) is 0 Å². The molecular formula is C22H21N5O3. The molecule has 152 valence electrons. The van der Waals surface area contributed by atoms with Gasteiger partial charge >= 0.3 is 0 Å². The van der Waals surface area contributed by atoms with Crippen LogP contribution in [0.15, 0.2) is 54.9 Å². The van der Waals surface area contributed by atoms with Gasteiger partial charge in [-0.1, -0.05) is 24.3 Å². The van der Waals surface area contributed by atoms with Crippen LogP contribution >= 0.6 is 0 Å². The molecule has 0 aliphatic rings. The summed E-state index contributed by atoms with van der Waals surface area (Å²) in [6.07, 6.45) is 3.46. The summed E-state index contributed by atoms with van der Waals surface area (Å²) in [6.45, 7) is 0. The molecule has 0 saturated heterocycles. The van der Waals surface area contributed by atoms with Crippen molar-refractivity contribution in [2.24, 2.45) is 0 Å². The monoisotopic (exact) mass is 403 g/mol. The van der Waals surface area contributed by atoms with E-state index in [0.29, 0.717) is 46.0 Å². The summed E-state index contributed by atoms with van der Waals surface area (Å²) >= 11 is 0. The number of benzene rings is 2. The number of anilines is 3. The maximum atomic E-state index is 6.21. The predicted octanol–water partition coefficient (Wildman–Crippen LogP) is 4.04. The fourth-order valence-corrected chi connectivity index (χ4v) is 3.17. The van der Waals surface area contributed by atoms with Crippen LogP contribution in [0.25, 0.3) is 22.0 Å². The number of methoxy groups -OCH3 is 3. The Morgan fingerprint density at radius 2 is 1.53 bits per heavy atom. The molecule has 8 heteroatoms. The maximum absolute atomic E-state index is 6.21. The quantitative estimate of drug-likeness (QED) is 0.497. The topological polar surface area (TPSA) is 104 Å². The van der Waals surface area contributed by atoms with E-state index in [0.717, 1.165) is 10.8 Å². The number of nitrogens with two attached hydrogens (primary N) is 1. The fourth-order valence-electron chi connectivity index (χ4n) is 3.17. The van der Waals surface area contributed by atoms with E-state index in [1.54, 1.807) is 39.7 Å². The number of hydrogen-bond acceptors (Lipinski definition) is 8. The second kappa shape index (κ2) is 8.12. The van der Waals surface area contributed by atoms with Crippen molar-refractivity contribution in [1.82, 2.24) is 15.0 Å². The molecule has 30 heavy (non-hydrogen) atoms. The van der Waals surface area contributed by atoms with E-state index in [2.05, 4.69) is 20.3 Å². The molecule has 4 rings (SSSR count). The van der Waals surface area contributed by atoms with E-state index in [1.807, 2.05) is 36.5 Å². The van der Waals surface area contributed by atoms with Crippen molar-refractivity contribution < 1.29 is 14.2 Å². The van der Waals surface area contributed by atoms with Gasteiger partial charge < -0.3 is 25.3 Å². The van der Waals surface area contributed by atoms with Crippen molar-refractivity contribution in [3.63, 3.8) is 0 Å². The third-order valence-electron chi connectivity index (χ3n) is 4.65. The SMILES string of the molecule is COc1cc(Nc2ncc(-c3cc4ccccc4cn3)c(N)n2)cc(OC)c1OC. The molecule has 0 radical (unpaired) electrons. The molecule has 0 amide bonds. The van der Waals surface area contributed by atoms with E-state index in [9.17, 15) is 0 Å². The number of ether oxygens (including phenoxy) is 3. The van der Waals surface area contributed by atoms with Crippen molar-refractivity contribution in [3.8, 4) is 28.5 Å². The summed E-state index contributed by atoms with van der Waals surface area (Å²) in [5, 5.41) is 5.24. The van der Waals surface area contributed by atoms with Crippen molar-refractivity contribution >= 4 is 28.2 Å². The largest absolute Gasteiger partial charge is 0.493 e. The molecule has 2 aromatic heterocycles. The average Bonchev–Trinajstić information content (AvgIpc) is 2.78. The Kier molecular flexibility index (Phi) is 5.21. The molecule has 0 bridgehead atoms. The highest BCUT2D eigenvalue weighted by Gasteiger charge is 2.15. The van der Waals surface area contributed by atoms with Crippen LogP contribution in [0, 0.1) is 0 Å². The Morgan fingerprint density at radius 1 is 0.833 bits per heavy atom. The summed E-state index contributed by atoms with van der Waals surface area (Å²) in [5.74, 6) is 2.20. The molecule has 0 aliphatic carbocycles. The summed E-state index contributed by atoms with van der Waals surface area (Å²) < 4.78 is 16.1. The minimum absolute atomic E-state index is 0.322. The van der Waals surface area contributed by atoms with Crippen LogP contribution in [0.5, 0.6) is 17.2 Å². The number of nitrogen functional groups attached to an aromatic ring is 1. The van der Waals surface area contributed by atoms with Gasteiger partial charge in [0.05, 0.1) is 32.6 Å². The molecule has 0 fully saturated rings. The second-order valence-electron chi connectivity index (χ2n) is 6.45. The summed E-state index contributed by atoms with van der Waals surface area (Å²) in [4.78, 5) is 13.3. The lowest BCUT2D eigenvalue weighted by Gasteiger charge is -2.15. The molecule has 2 aromatic carbocycles. The van der Waals surface area contributed by atoms with Crippen LogP contribution in [0.3, 0.4) is 0 Å². The smallest absolute Gasteiger partial charge is 0.229 e. The standard InChI is InChI=1S/C22H21N5O3/c1-28-18-9-15(10-19(29-2)20(18)30-3)26-22-25-12-16(21(23)27-22)17-8-13-6-4-5-7-14(13)11-24-17/h4-12H,1-3H3,(H3,23,25,26,27). The van der Waals surface area contributed by atoms with Crippen LogP contribution < -0.4 is 25.3 Å². The molecule has 4 aromatic rings. The zero-order valence-electron chi connectivity index (χ0n) is 16.8. The number of fused-ring (bicyclic) bond motifs is 1. The van der Waals surface area contributed by atoms with Gasteiger partial charge in [-0.25, -0.2) is 4.98 Å². The van der Waals surface area contributed by atoms with Gasteiger partial charge in [-0.15, -0.1) is 0 Å². The Balaban J connectivity index is 1.65. The van der Waals surface area contributed by atoms with E-state index in [-0.39, 0.29) is 0 Å². The number of nitrogens with one attached hydrogen (secondary N) is 1. The Hall–Kier alpha value is -4.07. The highest BCUT2D eigenvalue weighted by Crippen LogP contribution is 2.40. The molecular weight excluding hydrogens is 382 g/mol. The fraction of sp³-hybridized carbons (Fsp3) is 0.136. The van der Waals surface area contributed by atoms with Crippen LogP contribution in [0.1, 0.15) is 0 Å². The van der Waals surface area contributed by atoms with Crippen molar-refractivity contribution in [2.75, 3.05) is 32.4 Å². The minimum atomic E-state index is 0.322. The van der Waals surface area contributed by atoms with Gasteiger partial charge in [0.25, 0.3) is 0 Å². The summed E-state index contributed by atoms with van der Waals surface area (Å²) in [7, 11) is 4.67. The normalized spacial score (nSPS) is 10.6. The molecule has 0 aliphatic heterocycles. The van der Waals surface area contributed by atoms with Gasteiger partial charge in [-0.05, 0) is 11.5 Å². The third kappa shape index (κ3) is 3.62. The van der Waals surface area contributed by atoms with Gasteiger partial charge in [0.1, 0.15) is 5.82 Å². The molecule has 0 spiro atoms. The van der Waals surface area contributed by atoms with Gasteiger partial charge in [0.15, 0.2) is 11.5 Å². The van der Waals surface area contributed by atoms with E-state index >= 15 is 0 Å². The average molecular weight is 403 g/mol. The van der Waals surface area contributed by atoms with E-state index in [1.165, 1.54) is 0 Å². The lowest BCUT2D eigenvalue weighted by atomic mass is 10.1. The zero-order valence-corrected chi connectivity index (χ0v) is 16.8. The van der Waals surface area contributed by atoms with Crippen molar-refractivity contribution in [1.29, 1.82) is 0 Å². The van der Waals surface area contributed by atoms with Gasteiger partial charge in [-0.2, -0.15) is 4.98 Å². The Morgan fingerprint density at radius 3 is 2.17 bits per heavy atom. The molecule has 2 heterocycles. The molecule has 3 N–H and O–H groups in total. The Labute approximate surface area is 173 Å². The first-order chi connectivity index (χ1) is 14.6. The van der Waals surface area contributed by atoms with Crippen LogP contribution in [-0.2, 0) is 0 Å². The third-order valence-corrected chi connectivity index (χ3v) is 4.65. The first-order valence-corrected chi connectivity index (χ1v) is 9.17. The summed E-state index contributed by atoms with van der Waals surface area (Å²) in [5.41, 5.74) is 8.25. The number of aromatic nitrogens is 3. The first-order valence-electron chi connectivity index (χ1n) is 9.17.